The molecule has 1 N–H and O–H groups in total. The molecule has 0 bridgehead atoms. The first-order valence-electron chi connectivity index (χ1n) is 5.59. The number of hydrogen-bond donors (Lipinski definition) is 1. The van der Waals surface area contributed by atoms with Gasteiger partial charge in [0.2, 0.25) is 0 Å². The molecular formula is C14H23ClN2O2. The zero-order chi connectivity index (χ0) is 12.1. The summed E-state index contributed by atoms with van der Waals surface area (Å²) in [6.45, 7) is 3.75. The van der Waals surface area contributed by atoms with E-state index < -0.39 is 0 Å². The van der Waals surface area contributed by atoms with Crippen molar-refractivity contribution in [3.63, 3.8) is 0 Å². The smallest absolute Gasteiger partial charge is 0.252 e. The SMILES string of the molecule is C.C.O=C(NCN1CCOCC1)c1ccc(Cl)cc1. The number of nitrogens with one attached hydrogen (secondary N) is 1. The molecule has 108 valence electrons. The topological polar surface area (TPSA) is 41.6 Å². The monoisotopic (exact) mass is 286 g/mol. The summed E-state index contributed by atoms with van der Waals surface area (Å²) in [6, 6.07) is 6.87. The van der Waals surface area contributed by atoms with Gasteiger partial charge < -0.3 is 10.1 Å². The van der Waals surface area contributed by atoms with Gasteiger partial charge in [-0.1, -0.05) is 26.5 Å². The summed E-state index contributed by atoms with van der Waals surface area (Å²) in [7, 11) is 0. The fourth-order valence-electron chi connectivity index (χ4n) is 1.65. The third kappa shape index (κ3) is 5.59. The van der Waals surface area contributed by atoms with Crippen LogP contribution >= 0.6 is 11.6 Å². The van der Waals surface area contributed by atoms with E-state index in [4.69, 9.17) is 16.3 Å². The Hall–Kier alpha value is -1.10. The average Bonchev–Trinajstić information content (AvgIpc) is 2.38. The molecule has 0 unspecified atom stereocenters. The molecule has 4 nitrogen and oxygen atoms in total. The molecule has 2 rings (SSSR count). The second kappa shape index (κ2) is 8.91. The molecule has 1 aliphatic rings. The number of amides is 1. The van der Waals surface area contributed by atoms with E-state index in [-0.39, 0.29) is 20.8 Å². The number of benzene rings is 1. The maximum absolute atomic E-state index is 11.8. The van der Waals surface area contributed by atoms with Crippen LogP contribution in [0.15, 0.2) is 24.3 Å². The lowest BCUT2D eigenvalue weighted by Crippen LogP contribution is -2.43. The highest BCUT2D eigenvalue weighted by Crippen LogP contribution is 2.09. The molecule has 1 aromatic rings. The Morgan fingerprint density at radius 3 is 2.37 bits per heavy atom. The summed E-state index contributed by atoms with van der Waals surface area (Å²) in [4.78, 5) is 13.9. The summed E-state index contributed by atoms with van der Waals surface area (Å²) in [5.41, 5.74) is 0.627. The molecule has 19 heavy (non-hydrogen) atoms. The van der Waals surface area contributed by atoms with Crippen molar-refractivity contribution in [3.8, 4) is 0 Å². The minimum Gasteiger partial charge on any atom is -0.379 e. The Morgan fingerprint density at radius 2 is 1.79 bits per heavy atom. The van der Waals surface area contributed by atoms with E-state index in [1.165, 1.54) is 0 Å². The highest BCUT2D eigenvalue weighted by molar-refractivity contribution is 6.30. The third-order valence-electron chi connectivity index (χ3n) is 2.67. The molecule has 0 atom stereocenters. The van der Waals surface area contributed by atoms with E-state index in [1.807, 2.05) is 0 Å². The fraction of sp³-hybridized carbons (Fsp3) is 0.500. The zero-order valence-corrected chi connectivity index (χ0v) is 10.2. The average molecular weight is 287 g/mol. The van der Waals surface area contributed by atoms with Crippen LogP contribution in [0.1, 0.15) is 25.2 Å². The van der Waals surface area contributed by atoms with Crippen LogP contribution in [0.2, 0.25) is 5.02 Å². The molecular weight excluding hydrogens is 264 g/mol. The van der Waals surface area contributed by atoms with E-state index in [1.54, 1.807) is 24.3 Å². The molecule has 0 aromatic heterocycles. The lowest BCUT2D eigenvalue weighted by atomic mass is 10.2. The van der Waals surface area contributed by atoms with Crippen LogP contribution in [0.25, 0.3) is 0 Å². The number of nitrogens with zero attached hydrogens (tertiary/aromatic N) is 1. The van der Waals surface area contributed by atoms with Crippen molar-refractivity contribution in [1.82, 2.24) is 10.2 Å². The lowest BCUT2D eigenvalue weighted by Gasteiger charge is -2.26. The molecule has 1 aromatic carbocycles. The standard InChI is InChI=1S/C12H15ClN2O2.2CH4/c13-11-3-1-10(2-4-11)12(16)14-9-15-5-7-17-8-6-15;;/h1-4H,5-9H2,(H,14,16);2*1H4. The first kappa shape index (κ1) is 17.9. The number of carbonyl (C=O) groups excluding carboxylic acids is 1. The second-order valence-electron chi connectivity index (χ2n) is 3.90. The lowest BCUT2D eigenvalue weighted by molar-refractivity contribution is 0.0334. The van der Waals surface area contributed by atoms with Gasteiger partial charge >= 0.3 is 0 Å². The van der Waals surface area contributed by atoms with Gasteiger partial charge in [-0.3, -0.25) is 9.69 Å². The maximum Gasteiger partial charge on any atom is 0.252 e. The van der Waals surface area contributed by atoms with Crippen molar-refractivity contribution in [2.75, 3.05) is 33.0 Å². The normalized spacial score (nSPS) is 15.0. The predicted octanol–water partition coefficient (Wildman–Crippen LogP) is 2.63. The summed E-state index contributed by atoms with van der Waals surface area (Å²) in [6.07, 6.45) is 0. The second-order valence-corrected chi connectivity index (χ2v) is 4.34. The highest BCUT2D eigenvalue weighted by atomic mass is 35.5. The summed E-state index contributed by atoms with van der Waals surface area (Å²) >= 11 is 5.76. The number of halogens is 1. The Labute approximate surface area is 120 Å². The van der Waals surface area contributed by atoms with Crippen LogP contribution in [-0.4, -0.2) is 43.8 Å². The van der Waals surface area contributed by atoms with Crippen LogP contribution in [0.3, 0.4) is 0 Å². The van der Waals surface area contributed by atoms with Crippen molar-refractivity contribution in [3.05, 3.63) is 34.9 Å². The molecule has 1 aliphatic heterocycles. The number of rotatable bonds is 3. The molecule has 1 heterocycles. The van der Waals surface area contributed by atoms with Crippen molar-refractivity contribution in [2.24, 2.45) is 0 Å². The van der Waals surface area contributed by atoms with E-state index >= 15 is 0 Å². The first-order chi connectivity index (χ1) is 8.25. The van der Waals surface area contributed by atoms with Crippen LogP contribution in [0.4, 0.5) is 0 Å². The molecule has 5 heteroatoms. The Bertz CT molecular complexity index is 376. The molecule has 0 spiro atoms. The zero-order valence-electron chi connectivity index (χ0n) is 9.49. The van der Waals surface area contributed by atoms with Gasteiger partial charge in [0.1, 0.15) is 0 Å². The van der Waals surface area contributed by atoms with E-state index in [2.05, 4.69) is 10.2 Å². The fourth-order valence-corrected chi connectivity index (χ4v) is 1.77. The van der Waals surface area contributed by atoms with Crippen LogP contribution in [0.5, 0.6) is 0 Å². The molecule has 1 saturated heterocycles. The minimum absolute atomic E-state index is 0. The number of ether oxygens (including phenoxy) is 1. The van der Waals surface area contributed by atoms with Crippen LogP contribution in [0, 0.1) is 0 Å². The van der Waals surface area contributed by atoms with Gasteiger partial charge in [0, 0.05) is 23.7 Å². The molecule has 1 amide bonds. The highest BCUT2D eigenvalue weighted by Gasteiger charge is 2.11. The van der Waals surface area contributed by atoms with Gasteiger partial charge in [-0.05, 0) is 24.3 Å². The number of morpholine rings is 1. The Balaban J connectivity index is 0.00000162. The van der Waals surface area contributed by atoms with Gasteiger partial charge in [-0.15, -0.1) is 0 Å². The Kier molecular flexibility index (Phi) is 8.39. The van der Waals surface area contributed by atoms with Crippen molar-refractivity contribution >= 4 is 17.5 Å². The van der Waals surface area contributed by atoms with Crippen molar-refractivity contribution < 1.29 is 9.53 Å². The van der Waals surface area contributed by atoms with E-state index in [0.717, 1.165) is 26.3 Å². The summed E-state index contributed by atoms with van der Waals surface area (Å²) < 4.78 is 5.24. The number of carbonyl (C=O) groups is 1. The summed E-state index contributed by atoms with van der Waals surface area (Å²) in [5, 5.41) is 3.51. The largest absolute Gasteiger partial charge is 0.379 e. The number of hydrogen-bond acceptors (Lipinski definition) is 3. The molecule has 0 saturated carbocycles. The van der Waals surface area contributed by atoms with Crippen LogP contribution < -0.4 is 5.32 Å². The van der Waals surface area contributed by atoms with E-state index in [0.29, 0.717) is 17.3 Å². The molecule has 1 fully saturated rings. The van der Waals surface area contributed by atoms with Gasteiger partial charge in [-0.25, -0.2) is 0 Å². The third-order valence-corrected chi connectivity index (χ3v) is 2.93. The summed E-state index contributed by atoms with van der Waals surface area (Å²) in [5.74, 6) is -0.0758. The van der Waals surface area contributed by atoms with Gasteiger partial charge in [-0.2, -0.15) is 0 Å². The van der Waals surface area contributed by atoms with Gasteiger partial charge in [0.25, 0.3) is 5.91 Å². The van der Waals surface area contributed by atoms with Gasteiger partial charge in [0.15, 0.2) is 0 Å². The Morgan fingerprint density at radius 1 is 1.21 bits per heavy atom. The predicted molar refractivity (Wildman–Crippen MR) is 79.6 cm³/mol. The maximum atomic E-state index is 11.8. The minimum atomic E-state index is -0.0758. The van der Waals surface area contributed by atoms with E-state index in [9.17, 15) is 4.79 Å². The first-order valence-corrected chi connectivity index (χ1v) is 5.97. The van der Waals surface area contributed by atoms with Crippen molar-refractivity contribution in [1.29, 1.82) is 0 Å². The van der Waals surface area contributed by atoms with Gasteiger partial charge in [0.05, 0.1) is 19.9 Å². The van der Waals surface area contributed by atoms with Crippen LogP contribution in [-0.2, 0) is 4.74 Å². The quantitative estimate of drug-likeness (QED) is 0.929. The molecule has 0 aliphatic carbocycles. The molecule has 0 radical (unpaired) electrons. The van der Waals surface area contributed by atoms with Crippen molar-refractivity contribution in [2.45, 2.75) is 14.9 Å².